The van der Waals surface area contributed by atoms with Crippen molar-refractivity contribution in [1.82, 2.24) is 0 Å². The first-order valence-electron chi connectivity index (χ1n) is 5.16. The van der Waals surface area contributed by atoms with Gasteiger partial charge in [0.05, 0.1) is 26.0 Å². The molecule has 0 aromatic heterocycles. The molecule has 1 N–H and O–H groups in total. The van der Waals surface area contributed by atoms with Crippen LogP contribution >= 0.6 is 7.60 Å². The van der Waals surface area contributed by atoms with Crippen LogP contribution in [0.25, 0.3) is 0 Å². The van der Waals surface area contributed by atoms with E-state index in [1.807, 2.05) is 0 Å². The third-order valence-electron chi connectivity index (χ3n) is 1.66. The van der Waals surface area contributed by atoms with Crippen LogP contribution in [0.1, 0.15) is 26.7 Å². The predicted molar refractivity (Wildman–Crippen MR) is 61.7 cm³/mol. The summed E-state index contributed by atoms with van der Waals surface area (Å²) < 4.78 is 45.0. The highest BCUT2D eigenvalue weighted by Crippen LogP contribution is 2.48. The highest BCUT2D eigenvalue weighted by Gasteiger charge is 2.22. The highest BCUT2D eigenvalue weighted by atomic mass is 32.2. The lowest BCUT2D eigenvalue weighted by Gasteiger charge is -2.16. The first-order chi connectivity index (χ1) is 7.54. The average Bonchev–Trinajstić information content (AvgIpc) is 2.17. The van der Waals surface area contributed by atoms with Gasteiger partial charge in [-0.25, -0.2) is 0 Å². The molecule has 0 aromatic carbocycles. The van der Waals surface area contributed by atoms with E-state index in [2.05, 4.69) is 4.18 Å². The van der Waals surface area contributed by atoms with Crippen LogP contribution in [-0.2, 0) is 29.2 Å². The van der Waals surface area contributed by atoms with E-state index < -0.39 is 19.0 Å². The number of rotatable bonds is 10. The zero-order chi connectivity index (χ0) is 12.4. The Bertz CT molecular complexity index is 237. The summed E-state index contributed by atoms with van der Waals surface area (Å²) in [5.74, 6) is 0. The minimum absolute atomic E-state index is 0.154. The average molecular weight is 274 g/mol. The SMILES string of the molecule is CCOP(=O)(CCCCOS(=O)O)OCC. The van der Waals surface area contributed by atoms with E-state index >= 15 is 0 Å². The van der Waals surface area contributed by atoms with Crippen LogP contribution in [0, 0.1) is 0 Å². The first-order valence-corrected chi connectivity index (χ1v) is 7.92. The van der Waals surface area contributed by atoms with Crippen molar-refractivity contribution in [3.63, 3.8) is 0 Å². The van der Waals surface area contributed by atoms with Gasteiger partial charge >= 0.3 is 19.0 Å². The summed E-state index contributed by atoms with van der Waals surface area (Å²) >= 11 is -2.23. The Labute approximate surface area is 98.7 Å². The molecule has 1 atom stereocenters. The predicted octanol–water partition coefficient (Wildman–Crippen LogP) is 2.19. The van der Waals surface area contributed by atoms with Crippen LogP contribution in [-0.4, -0.2) is 34.7 Å². The van der Waals surface area contributed by atoms with Crippen molar-refractivity contribution in [2.45, 2.75) is 26.7 Å². The lowest BCUT2D eigenvalue weighted by molar-refractivity contribution is 0.218. The van der Waals surface area contributed by atoms with Gasteiger partial charge in [0, 0.05) is 0 Å². The smallest absolute Gasteiger partial charge is 0.309 e. The molecule has 0 aliphatic rings. The van der Waals surface area contributed by atoms with E-state index in [0.29, 0.717) is 32.2 Å². The molecular formula is C8H19O6PS. The van der Waals surface area contributed by atoms with Gasteiger partial charge in [0.1, 0.15) is 0 Å². The molecule has 0 saturated carbocycles. The molecule has 0 fully saturated rings. The van der Waals surface area contributed by atoms with Crippen LogP contribution in [0.15, 0.2) is 0 Å². The summed E-state index contributed by atoms with van der Waals surface area (Å²) in [4.78, 5) is 0. The fourth-order valence-corrected chi connectivity index (χ4v) is 3.09. The van der Waals surface area contributed by atoms with Crippen LogP contribution < -0.4 is 0 Å². The van der Waals surface area contributed by atoms with Gasteiger partial charge in [0.25, 0.3) is 0 Å². The molecule has 0 amide bonds. The molecular weight excluding hydrogens is 255 g/mol. The third kappa shape index (κ3) is 8.38. The molecule has 0 radical (unpaired) electrons. The van der Waals surface area contributed by atoms with Gasteiger partial charge in [0.15, 0.2) is 0 Å². The standard InChI is InChI=1S/C8H19O6PS/c1-3-12-15(9,13-4-2)8-6-5-7-14-16(10)11/h3-8H2,1-2H3,(H,10,11). The minimum Gasteiger partial charge on any atom is -0.309 e. The fourth-order valence-electron chi connectivity index (χ4n) is 1.10. The van der Waals surface area contributed by atoms with Gasteiger partial charge in [-0.05, 0) is 26.7 Å². The summed E-state index contributed by atoms with van der Waals surface area (Å²) in [6.07, 6.45) is 1.40. The van der Waals surface area contributed by atoms with Crippen molar-refractivity contribution in [3.05, 3.63) is 0 Å². The molecule has 6 nitrogen and oxygen atoms in total. The Morgan fingerprint density at radius 3 is 2.19 bits per heavy atom. The van der Waals surface area contributed by atoms with Crippen LogP contribution in [0.5, 0.6) is 0 Å². The topological polar surface area (TPSA) is 82.1 Å². The maximum Gasteiger partial charge on any atom is 0.330 e. The maximum absolute atomic E-state index is 11.9. The van der Waals surface area contributed by atoms with Crippen molar-refractivity contribution in [2.24, 2.45) is 0 Å². The fraction of sp³-hybridized carbons (Fsp3) is 1.00. The molecule has 0 rings (SSSR count). The molecule has 0 heterocycles. The summed E-state index contributed by atoms with van der Waals surface area (Å²) in [6.45, 7) is 4.34. The minimum atomic E-state index is -2.98. The Morgan fingerprint density at radius 2 is 1.75 bits per heavy atom. The van der Waals surface area contributed by atoms with E-state index in [-0.39, 0.29) is 6.61 Å². The maximum atomic E-state index is 11.9. The summed E-state index contributed by atoms with van der Waals surface area (Å²) in [7, 11) is -2.98. The van der Waals surface area contributed by atoms with E-state index in [4.69, 9.17) is 13.6 Å². The summed E-state index contributed by atoms with van der Waals surface area (Å²) in [5.41, 5.74) is 0. The first kappa shape index (κ1) is 16.2. The number of hydrogen-bond donors (Lipinski definition) is 1. The van der Waals surface area contributed by atoms with Gasteiger partial charge in [-0.15, -0.1) is 0 Å². The van der Waals surface area contributed by atoms with E-state index in [1.54, 1.807) is 13.8 Å². The van der Waals surface area contributed by atoms with Crippen molar-refractivity contribution < 1.29 is 26.6 Å². The largest absolute Gasteiger partial charge is 0.330 e. The lowest BCUT2D eigenvalue weighted by atomic mass is 10.4. The molecule has 0 aliphatic carbocycles. The Kier molecular flexibility index (Phi) is 9.40. The van der Waals surface area contributed by atoms with Gasteiger partial charge in [-0.3, -0.25) is 13.3 Å². The van der Waals surface area contributed by atoms with Gasteiger partial charge < -0.3 is 9.05 Å². The van der Waals surface area contributed by atoms with Crippen molar-refractivity contribution in [2.75, 3.05) is 26.0 Å². The Balaban J connectivity index is 3.76. The van der Waals surface area contributed by atoms with Gasteiger partial charge in [-0.2, -0.15) is 4.21 Å². The highest BCUT2D eigenvalue weighted by molar-refractivity contribution is 7.74. The van der Waals surface area contributed by atoms with E-state index in [1.165, 1.54) is 0 Å². The molecule has 16 heavy (non-hydrogen) atoms. The molecule has 0 aromatic rings. The number of hydrogen-bond acceptors (Lipinski definition) is 5. The molecule has 98 valence electrons. The Morgan fingerprint density at radius 1 is 1.19 bits per heavy atom. The van der Waals surface area contributed by atoms with Gasteiger partial charge in [0.2, 0.25) is 0 Å². The zero-order valence-corrected chi connectivity index (χ0v) is 11.3. The van der Waals surface area contributed by atoms with E-state index in [0.717, 1.165) is 0 Å². The zero-order valence-electron chi connectivity index (χ0n) is 9.59. The molecule has 0 saturated heterocycles. The monoisotopic (exact) mass is 274 g/mol. The second kappa shape index (κ2) is 9.27. The lowest BCUT2D eigenvalue weighted by Crippen LogP contribution is -2.02. The number of unbranched alkanes of at least 4 members (excludes halogenated alkanes) is 1. The third-order valence-corrected chi connectivity index (χ3v) is 4.20. The van der Waals surface area contributed by atoms with Crippen molar-refractivity contribution in [1.29, 1.82) is 0 Å². The second-order valence-electron chi connectivity index (χ2n) is 2.92. The summed E-state index contributed by atoms with van der Waals surface area (Å²) in [6, 6.07) is 0. The van der Waals surface area contributed by atoms with Crippen LogP contribution in [0.3, 0.4) is 0 Å². The molecule has 0 spiro atoms. The van der Waals surface area contributed by atoms with Gasteiger partial charge in [-0.1, -0.05) is 0 Å². The molecule has 8 heteroatoms. The Hall–Kier alpha value is 0.220. The summed E-state index contributed by atoms with van der Waals surface area (Å²) in [5, 5.41) is 0. The molecule has 0 aliphatic heterocycles. The van der Waals surface area contributed by atoms with Crippen molar-refractivity contribution >= 4 is 19.0 Å². The molecule has 0 bridgehead atoms. The van der Waals surface area contributed by atoms with Crippen molar-refractivity contribution in [3.8, 4) is 0 Å². The van der Waals surface area contributed by atoms with Crippen LogP contribution in [0.2, 0.25) is 0 Å². The van der Waals surface area contributed by atoms with E-state index in [9.17, 15) is 8.77 Å². The van der Waals surface area contributed by atoms with Crippen LogP contribution in [0.4, 0.5) is 0 Å². The normalized spacial score (nSPS) is 13.9. The molecule has 1 unspecified atom stereocenters. The quantitative estimate of drug-likeness (QED) is 0.373. The second-order valence-corrected chi connectivity index (χ2v) is 5.77.